The van der Waals surface area contributed by atoms with Crippen LogP contribution in [0.2, 0.25) is 0 Å². The summed E-state index contributed by atoms with van der Waals surface area (Å²) in [6.45, 7) is 5.33. The Balaban J connectivity index is 2.11. The van der Waals surface area contributed by atoms with Crippen LogP contribution in [0.15, 0.2) is 24.3 Å². The summed E-state index contributed by atoms with van der Waals surface area (Å²) in [7, 11) is 0. The Kier molecular flexibility index (Phi) is 3.65. The van der Waals surface area contributed by atoms with Gasteiger partial charge in [-0.3, -0.25) is 0 Å². The minimum Gasteiger partial charge on any atom is -0.330 e. The highest BCUT2D eigenvalue weighted by atomic mass is 14.6. The van der Waals surface area contributed by atoms with Gasteiger partial charge in [-0.05, 0) is 54.7 Å². The van der Waals surface area contributed by atoms with Gasteiger partial charge in [-0.1, -0.05) is 38.1 Å². The first kappa shape index (κ1) is 11.7. The second-order valence-corrected chi connectivity index (χ2v) is 5.16. The van der Waals surface area contributed by atoms with Crippen LogP contribution < -0.4 is 5.73 Å². The van der Waals surface area contributed by atoms with E-state index in [4.69, 9.17) is 5.73 Å². The Labute approximate surface area is 99.0 Å². The molecule has 2 atom stereocenters. The first-order valence-corrected chi connectivity index (χ1v) is 6.56. The molecule has 1 heteroatoms. The normalized spacial score (nSPS) is 19.4. The van der Waals surface area contributed by atoms with Crippen LogP contribution in [-0.4, -0.2) is 6.54 Å². The third kappa shape index (κ3) is 2.46. The van der Waals surface area contributed by atoms with Crippen LogP contribution in [0.1, 0.15) is 56.1 Å². The van der Waals surface area contributed by atoms with Crippen molar-refractivity contribution in [1.82, 2.24) is 0 Å². The highest BCUT2D eigenvalue weighted by molar-refractivity contribution is 5.28. The number of hydrogen-bond acceptors (Lipinski definition) is 1. The van der Waals surface area contributed by atoms with Crippen molar-refractivity contribution < 1.29 is 0 Å². The molecule has 0 amide bonds. The van der Waals surface area contributed by atoms with Crippen LogP contribution in [0.4, 0.5) is 0 Å². The van der Waals surface area contributed by atoms with Gasteiger partial charge in [-0.25, -0.2) is 0 Å². The summed E-state index contributed by atoms with van der Waals surface area (Å²) in [5, 5.41) is 0. The molecule has 2 unspecified atom stereocenters. The molecule has 0 spiro atoms. The monoisotopic (exact) mass is 217 g/mol. The van der Waals surface area contributed by atoms with E-state index in [2.05, 4.69) is 38.1 Å². The maximum Gasteiger partial charge on any atom is -0.000556 e. The molecule has 2 N–H and O–H groups in total. The molecule has 0 heterocycles. The summed E-state index contributed by atoms with van der Waals surface area (Å²) in [5.74, 6) is 2.14. The summed E-state index contributed by atoms with van der Waals surface area (Å²) < 4.78 is 0. The van der Waals surface area contributed by atoms with Crippen molar-refractivity contribution >= 4 is 0 Å². The molecule has 16 heavy (non-hydrogen) atoms. The van der Waals surface area contributed by atoms with Gasteiger partial charge in [0.2, 0.25) is 0 Å². The van der Waals surface area contributed by atoms with Crippen LogP contribution in [0.3, 0.4) is 0 Å². The molecule has 2 rings (SSSR count). The van der Waals surface area contributed by atoms with Gasteiger partial charge in [0.25, 0.3) is 0 Å². The zero-order valence-electron chi connectivity index (χ0n) is 10.4. The predicted molar refractivity (Wildman–Crippen MR) is 69.7 cm³/mol. The average molecular weight is 217 g/mol. The summed E-state index contributed by atoms with van der Waals surface area (Å²) >= 11 is 0. The fourth-order valence-corrected chi connectivity index (χ4v) is 2.41. The molecule has 0 radical (unpaired) electrons. The topological polar surface area (TPSA) is 26.0 Å². The first-order valence-electron chi connectivity index (χ1n) is 6.56. The van der Waals surface area contributed by atoms with Crippen molar-refractivity contribution in [2.24, 2.45) is 11.7 Å². The van der Waals surface area contributed by atoms with Crippen molar-refractivity contribution in [3.8, 4) is 0 Å². The van der Waals surface area contributed by atoms with E-state index in [-0.39, 0.29) is 0 Å². The van der Waals surface area contributed by atoms with Gasteiger partial charge in [0, 0.05) is 0 Å². The molecule has 1 fully saturated rings. The van der Waals surface area contributed by atoms with Gasteiger partial charge in [-0.2, -0.15) is 0 Å². The van der Waals surface area contributed by atoms with Gasteiger partial charge in [0.05, 0.1) is 0 Å². The lowest BCUT2D eigenvalue weighted by Crippen LogP contribution is -2.14. The fourth-order valence-electron chi connectivity index (χ4n) is 2.41. The molecular weight excluding hydrogens is 194 g/mol. The second kappa shape index (κ2) is 5.01. The van der Waals surface area contributed by atoms with Crippen LogP contribution in [0.25, 0.3) is 0 Å². The minimum absolute atomic E-state index is 0.603. The van der Waals surface area contributed by atoms with E-state index in [1.807, 2.05) is 0 Å². The van der Waals surface area contributed by atoms with Crippen LogP contribution in [0, 0.1) is 5.92 Å². The van der Waals surface area contributed by atoms with Gasteiger partial charge in [0.1, 0.15) is 0 Å². The third-order valence-corrected chi connectivity index (χ3v) is 3.99. The highest BCUT2D eigenvalue weighted by Gasteiger charge is 2.31. The average Bonchev–Trinajstić information content (AvgIpc) is 3.14. The number of benzene rings is 1. The molecule has 0 saturated heterocycles. The van der Waals surface area contributed by atoms with E-state index in [1.165, 1.54) is 30.4 Å². The molecule has 1 aromatic rings. The van der Waals surface area contributed by atoms with Crippen molar-refractivity contribution in [3.63, 3.8) is 0 Å². The second-order valence-electron chi connectivity index (χ2n) is 5.16. The Morgan fingerprint density at radius 3 is 2.19 bits per heavy atom. The van der Waals surface area contributed by atoms with Crippen LogP contribution >= 0.6 is 0 Å². The van der Waals surface area contributed by atoms with Crippen molar-refractivity contribution in [2.75, 3.05) is 6.54 Å². The lowest BCUT2D eigenvalue weighted by molar-refractivity contribution is 0.615. The molecule has 1 nitrogen and oxygen atoms in total. The first-order chi connectivity index (χ1) is 7.76. The Bertz CT molecular complexity index is 324. The van der Waals surface area contributed by atoms with E-state index < -0.39 is 0 Å². The summed E-state index contributed by atoms with van der Waals surface area (Å²) in [5.41, 5.74) is 8.77. The van der Waals surface area contributed by atoms with Gasteiger partial charge in [-0.15, -0.1) is 0 Å². The lowest BCUT2D eigenvalue weighted by atomic mass is 9.91. The summed E-state index contributed by atoms with van der Waals surface area (Å²) in [4.78, 5) is 0. The maximum absolute atomic E-state index is 5.87. The molecule has 88 valence electrons. The molecule has 0 bridgehead atoms. The standard InChI is InChI=1S/C15H23N/c1-3-11(2)12-4-6-13(7-5-12)15(10-16)14-8-9-14/h4-7,11,14-15H,3,8-10,16H2,1-2H3. The quantitative estimate of drug-likeness (QED) is 0.800. The van der Waals surface area contributed by atoms with E-state index in [1.54, 1.807) is 0 Å². The van der Waals surface area contributed by atoms with Gasteiger partial charge >= 0.3 is 0 Å². The van der Waals surface area contributed by atoms with Crippen molar-refractivity contribution in [3.05, 3.63) is 35.4 Å². The largest absolute Gasteiger partial charge is 0.330 e. The van der Waals surface area contributed by atoms with Crippen LogP contribution in [0.5, 0.6) is 0 Å². The lowest BCUT2D eigenvalue weighted by Gasteiger charge is -2.16. The zero-order valence-corrected chi connectivity index (χ0v) is 10.4. The van der Waals surface area contributed by atoms with Gasteiger partial charge in [0.15, 0.2) is 0 Å². The predicted octanol–water partition coefficient (Wildman–Crippen LogP) is 3.65. The Morgan fingerprint density at radius 1 is 1.19 bits per heavy atom. The third-order valence-electron chi connectivity index (χ3n) is 3.99. The highest BCUT2D eigenvalue weighted by Crippen LogP contribution is 2.42. The Morgan fingerprint density at radius 2 is 1.75 bits per heavy atom. The van der Waals surface area contributed by atoms with Crippen molar-refractivity contribution in [1.29, 1.82) is 0 Å². The Hall–Kier alpha value is -0.820. The molecule has 1 aliphatic rings. The van der Waals surface area contributed by atoms with E-state index >= 15 is 0 Å². The molecule has 1 aromatic carbocycles. The number of rotatable bonds is 5. The van der Waals surface area contributed by atoms with E-state index in [0.29, 0.717) is 11.8 Å². The van der Waals surface area contributed by atoms with Crippen LogP contribution in [-0.2, 0) is 0 Å². The SMILES string of the molecule is CCC(C)c1ccc(C(CN)C2CC2)cc1. The maximum atomic E-state index is 5.87. The number of hydrogen-bond donors (Lipinski definition) is 1. The van der Waals surface area contributed by atoms with E-state index in [9.17, 15) is 0 Å². The molecule has 1 aliphatic carbocycles. The molecule has 0 aliphatic heterocycles. The zero-order chi connectivity index (χ0) is 11.5. The van der Waals surface area contributed by atoms with Crippen molar-refractivity contribution in [2.45, 2.75) is 44.9 Å². The number of nitrogens with two attached hydrogens (primary N) is 1. The van der Waals surface area contributed by atoms with Gasteiger partial charge < -0.3 is 5.73 Å². The molecule has 1 saturated carbocycles. The summed E-state index contributed by atoms with van der Waals surface area (Å²) in [6, 6.07) is 9.15. The molecular formula is C15H23N. The van der Waals surface area contributed by atoms with E-state index in [0.717, 1.165) is 12.5 Å². The molecule has 0 aromatic heterocycles. The fraction of sp³-hybridized carbons (Fsp3) is 0.600. The summed E-state index contributed by atoms with van der Waals surface area (Å²) in [6.07, 6.45) is 3.95. The smallest absolute Gasteiger partial charge is 0.000556 e. The minimum atomic E-state index is 0.603.